The summed E-state index contributed by atoms with van der Waals surface area (Å²) in [4.78, 5) is 0. The number of rotatable bonds is 8. The Morgan fingerprint density at radius 3 is 2.20 bits per heavy atom. The summed E-state index contributed by atoms with van der Waals surface area (Å²) in [7, 11) is 0. The molecule has 0 heterocycles. The summed E-state index contributed by atoms with van der Waals surface area (Å²) in [6, 6.07) is 0. The van der Waals surface area contributed by atoms with E-state index >= 15 is 0 Å². The Bertz CT molecular complexity index is 167. The summed E-state index contributed by atoms with van der Waals surface area (Å²) < 4.78 is 60.7. The van der Waals surface area contributed by atoms with Crippen molar-refractivity contribution in [3.8, 4) is 0 Å². The predicted molar refractivity (Wildman–Crippen MR) is 53.1 cm³/mol. The van der Waals surface area contributed by atoms with Gasteiger partial charge in [-0.3, -0.25) is 0 Å². The molecule has 0 fully saturated rings. The van der Waals surface area contributed by atoms with Crippen LogP contribution in [0, 0.1) is 0 Å². The molecule has 1 atom stereocenters. The number of alkyl halides is 6. The Morgan fingerprint density at radius 1 is 1.13 bits per heavy atom. The Labute approximate surface area is 94.5 Å². The van der Waals surface area contributed by atoms with E-state index in [2.05, 4.69) is 0 Å². The fourth-order valence-electron chi connectivity index (χ4n) is 0.733. The van der Waals surface area contributed by atoms with Crippen LogP contribution in [-0.2, 0) is 0 Å². The van der Waals surface area contributed by atoms with E-state index < -0.39 is 24.3 Å². The average molecular weight is 271 g/mol. The molecule has 0 spiro atoms. The maximum absolute atomic E-state index is 12.7. The zero-order valence-electron chi connectivity index (χ0n) is 7.87. The monoisotopic (exact) mass is 270 g/mol. The van der Waals surface area contributed by atoms with E-state index in [1.54, 1.807) is 0 Å². The summed E-state index contributed by atoms with van der Waals surface area (Å²) in [5.74, 6) is -4.25. The molecule has 15 heavy (non-hydrogen) atoms. The van der Waals surface area contributed by atoms with Gasteiger partial charge in [0.05, 0.1) is 0 Å². The van der Waals surface area contributed by atoms with Crippen molar-refractivity contribution in [3.63, 3.8) is 0 Å². The molecule has 0 aliphatic carbocycles. The average Bonchev–Trinajstić information content (AvgIpc) is 2.16. The Morgan fingerprint density at radius 2 is 1.73 bits per heavy atom. The van der Waals surface area contributed by atoms with Gasteiger partial charge >= 0.3 is 12.3 Å². The lowest BCUT2D eigenvalue weighted by molar-refractivity contribution is -0.164. The Balaban J connectivity index is 3.69. The van der Waals surface area contributed by atoms with Crippen molar-refractivity contribution in [3.05, 3.63) is 0 Å². The molecule has 0 amide bonds. The van der Waals surface area contributed by atoms with E-state index in [-0.39, 0.29) is 0 Å². The molecule has 0 nitrogen and oxygen atoms in total. The molecule has 0 saturated carbocycles. The van der Waals surface area contributed by atoms with Crippen molar-refractivity contribution in [2.45, 2.75) is 31.4 Å². The number of hydrogen-bond acceptors (Lipinski definition) is 1. The third-order valence-electron chi connectivity index (χ3n) is 1.65. The second kappa shape index (κ2) is 7.54. The first-order chi connectivity index (χ1) is 6.92. The van der Waals surface area contributed by atoms with Gasteiger partial charge in [0.15, 0.2) is 6.17 Å². The SMILES string of the molecule is FC(F)C(F)(F)C(F)CSCCCCCl. The fraction of sp³-hybridized carbons (Fsp3) is 1.00. The van der Waals surface area contributed by atoms with Crippen LogP contribution in [-0.4, -0.2) is 35.9 Å². The minimum Gasteiger partial charge on any atom is -0.240 e. The molecule has 7 heteroatoms. The van der Waals surface area contributed by atoms with E-state index in [4.69, 9.17) is 11.6 Å². The minimum atomic E-state index is -4.54. The van der Waals surface area contributed by atoms with E-state index in [0.717, 1.165) is 11.8 Å². The molecular weight excluding hydrogens is 259 g/mol. The molecule has 0 N–H and O–H groups in total. The third-order valence-corrected chi connectivity index (χ3v) is 3.02. The first kappa shape index (κ1) is 15.3. The van der Waals surface area contributed by atoms with Gasteiger partial charge in [0.1, 0.15) is 0 Å². The smallest absolute Gasteiger partial charge is 0.240 e. The molecule has 0 aromatic rings. The zero-order valence-corrected chi connectivity index (χ0v) is 9.44. The van der Waals surface area contributed by atoms with E-state index in [1.807, 2.05) is 0 Å². The summed E-state index contributed by atoms with van der Waals surface area (Å²) >= 11 is 6.25. The van der Waals surface area contributed by atoms with Gasteiger partial charge < -0.3 is 0 Å². The first-order valence-corrected chi connectivity index (χ1v) is 6.05. The summed E-state index contributed by atoms with van der Waals surface area (Å²) in [6.07, 6.45) is -5.37. The summed E-state index contributed by atoms with van der Waals surface area (Å²) in [6.45, 7) is 0. The van der Waals surface area contributed by atoms with Crippen LogP contribution in [0.5, 0.6) is 0 Å². The van der Waals surface area contributed by atoms with Crippen LogP contribution in [0.3, 0.4) is 0 Å². The van der Waals surface area contributed by atoms with Gasteiger partial charge in [-0.25, -0.2) is 13.2 Å². The van der Waals surface area contributed by atoms with Gasteiger partial charge in [0, 0.05) is 11.6 Å². The van der Waals surface area contributed by atoms with Crippen molar-refractivity contribution in [2.75, 3.05) is 17.4 Å². The maximum atomic E-state index is 12.7. The highest BCUT2D eigenvalue weighted by Gasteiger charge is 2.49. The van der Waals surface area contributed by atoms with Gasteiger partial charge in [0.25, 0.3) is 0 Å². The third kappa shape index (κ3) is 5.80. The van der Waals surface area contributed by atoms with Crippen molar-refractivity contribution in [2.24, 2.45) is 0 Å². The molecule has 0 saturated heterocycles. The van der Waals surface area contributed by atoms with Crippen LogP contribution in [0.25, 0.3) is 0 Å². The second-order valence-electron chi connectivity index (χ2n) is 2.91. The fourth-order valence-corrected chi connectivity index (χ4v) is 1.93. The van der Waals surface area contributed by atoms with E-state index in [0.29, 0.717) is 24.5 Å². The quantitative estimate of drug-likeness (QED) is 0.365. The standard InChI is InChI=1S/C8H12ClF5S/c9-3-1-2-4-15-5-6(10)8(13,14)7(11)12/h6-7H,1-5H2. The molecular formula is C8H12ClF5S. The highest BCUT2D eigenvalue weighted by molar-refractivity contribution is 7.99. The normalized spacial score (nSPS) is 14.6. The van der Waals surface area contributed by atoms with Crippen LogP contribution in [0.15, 0.2) is 0 Å². The molecule has 0 aliphatic rings. The van der Waals surface area contributed by atoms with Crippen molar-refractivity contribution in [1.82, 2.24) is 0 Å². The van der Waals surface area contributed by atoms with Crippen molar-refractivity contribution < 1.29 is 22.0 Å². The first-order valence-electron chi connectivity index (χ1n) is 4.36. The molecule has 0 rings (SSSR count). The highest BCUT2D eigenvalue weighted by atomic mass is 35.5. The predicted octanol–water partition coefficient (Wildman–Crippen LogP) is 3.98. The van der Waals surface area contributed by atoms with Crippen LogP contribution < -0.4 is 0 Å². The van der Waals surface area contributed by atoms with E-state index in [9.17, 15) is 22.0 Å². The zero-order chi connectivity index (χ0) is 11.9. The lowest BCUT2D eigenvalue weighted by Gasteiger charge is -2.19. The van der Waals surface area contributed by atoms with Gasteiger partial charge in [-0.15, -0.1) is 11.6 Å². The second-order valence-corrected chi connectivity index (χ2v) is 4.44. The molecule has 0 radical (unpaired) electrons. The molecule has 92 valence electrons. The number of hydrogen-bond donors (Lipinski definition) is 0. The molecule has 0 aromatic heterocycles. The number of halogens is 6. The van der Waals surface area contributed by atoms with Gasteiger partial charge in [-0.05, 0) is 18.6 Å². The topological polar surface area (TPSA) is 0 Å². The van der Waals surface area contributed by atoms with E-state index in [1.165, 1.54) is 0 Å². The lowest BCUT2D eigenvalue weighted by atomic mass is 10.2. The maximum Gasteiger partial charge on any atom is 0.338 e. The molecule has 0 aliphatic heterocycles. The van der Waals surface area contributed by atoms with Crippen LogP contribution in [0.2, 0.25) is 0 Å². The van der Waals surface area contributed by atoms with Gasteiger partial charge in [-0.2, -0.15) is 20.5 Å². The largest absolute Gasteiger partial charge is 0.338 e. The van der Waals surface area contributed by atoms with Crippen LogP contribution in [0.1, 0.15) is 12.8 Å². The Hall–Kier alpha value is 0.290. The molecule has 0 bridgehead atoms. The van der Waals surface area contributed by atoms with Crippen molar-refractivity contribution in [1.29, 1.82) is 0 Å². The van der Waals surface area contributed by atoms with Gasteiger partial charge in [0.2, 0.25) is 0 Å². The number of unbranched alkanes of at least 4 members (excludes halogenated alkanes) is 1. The van der Waals surface area contributed by atoms with Crippen LogP contribution in [0.4, 0.5) is 22.0 Å². The number of thioether (sulfide) groups is 1. The Kier molecular flexibility index (Phi) is 7.69. The highest BCUT2D eigenvalue weighted by Crippen LogP contribution is 2.31. The molecule has 0 aromatic carbocycles. The summed E-state index contributed by atoms with van der Waals surface area (Å²) in [5.41, 5.74) is 0. The van der Waals surface area contributed by atoms with Gasteiger partial charge in [-0.1, -0.05) is 0 Å². The summed E-state index contributed by atoms with van der Waals surface area (Å²) in [5, 5.41) is 0. The van der Waals surface area contributed by atoms with Crippen molar-refractivity contribution >= 4 is 23.4 Å². The minimum absolute atomic E-state index is 0.451. The molecule has 1 unspecified atom stereocenters. The lowest BCUT2D eigenvalue weighted by Crippen LogP contribution is -2.39. The van der Waals surface area contributed by atoms with Crippen LogP contribution >= 0.6 is 23.4 Å².